The summed E-state index contributed by atoms with van der Waals surface area (Å²) in [6.07, 6.45) is 10.9. The Kier molecular flexibility index (Phi) is 4.25. The molecule has 2 fully saturated rings. The summed E-state index contributed by atoms with van der Waals surface area (Å²) < 4.78 is 0. The molecule has 2 nitrogen and oxygen atoms in total. The number of allylic oxidation sites excluding steroid dienone is 1. The Morgan fingerprint density at radius 3 is 2.24 bits per heavy atom. The molecule has 0 saturated heterocycles. The monoisotopic (exact) mass is 232 g/mol. The summed E-state index contributed by atoms with van der Waals surface area (Å²) in [4.78, 5) is 11.2. The lowest BCUT2D eigenvalue weighted by atomic mass is 9.97. The highest BCUT2D eigenvalue weighted by Gasteiger charge is 2.23. The Morgan fingerprint density at radius 1 is 1.06 bits per heavy atom. The van der Waals surface area contributed by atoms with E-state index in [0.717, 1.165) is 25.7 Å². The number of aliphatic carboxylic acids is 1. The zero-order valence-electron chi connectivity index (χ0n) is 10.2. The van der Waals surface area contributed by atoms with Crippen molar-refractivity contribution in [3.63, 3.8) is 0 Å². The van der Waals surface area contributed by atoms with Crippen LogP contribution in [0.5, 0.6) is 0 Å². The van der Waals surface area contributed by atoms with Gasteiger partial charge in [-0.25, -0.2) is 4.79 Å². The van der Waals surface area contributed by atoms with Gasteiger partial charge in [0.15, 0.2) is 0 Å². The van der Waals surface area contributed by atoms with Gasteiger partial charge < -0.3 is 5.11 Å². The van der Waals surface area contributed by atoms with E-state index < -0.39 is 5.97 Å². The average molecular weight is 232 g/mol. The van der Waals surface area contributed by atoms with Gasteiger partial charge >= 0.3 is 5.97 Å². The van der Waals surface area contributed by atoms with Gasteiger partial charge in [0.1, 0.15) is 0 Å². The summed E-state index contributed by atoms with van der Waals surface area (Å²) in [6, 6.07) is 0. The van der Waals surface area contributed by atoms with E-state index in [9.17, 15) is 9.90 Å². The van der Waals surface area contributed by atoms with E-state index in [2.05, 4.69) is 11.8 Å². The molecule has 0 aromatic carbocycles. The first-order valence-electron chi connectivity index (χ1n) is 6.72. The predicted molar refractivity (Wildman–Crippen MR) is 67.4 cm³/mol. The first-order valence-corrected chi connectivity index (χ1v) is 6.72. The number of hydrogen-bond donors (Lipinski definition) is 1. The highest BCUT2D eigenvalue weighted by Crippen LogP contribution is 2.31. The molecule has 2 rings (SSSR count). The van der Waals surface area contributed by atoms with E-state index in [1.807, 2.05) is 0 Å². The van der Waals surface area contributed by atoms with Gasteiger partial charge in [-0.2, -0.15) is 0 Å². The molecule has 0 radical (unpaired) electrons. The minimum absolute atomic E-state index is 0.241. The van der Waals surface area contributed by atoms with Crippen LogP contribution in [0.3, 0.4) is 0 Å². The van der Waals surface area contributed by atoms with Crippen LogP contribution in [0.4, 0.5) is 0 Å². The maximum Gasteiger partial charge on any atom is 0.332 e. The lowest BCUT2D eigenvalue weighted by Crippen LogP contribution is -2.09. The van der Waals surface area contributed by atoms with Gasteiger partial charge in [0, 0.05) is 11.5 Å². The maximum absolute atomic E-state index is 11.2. The minimum atomic E-state index is -0.780. The fraction of sp³-hybridized carbons (Fsp3) is 0.667. The van der Waals surface area contributed by atoms with Crippen molar-refractivity contribution in [2.24, 2.45) is 11.8 Å². The third-order valence-corrected chi connectivity index (χ3v) is 3.91. The van der Waals surface area contributed by atoms with Gasteiger partial charge in [0.25, 0.3) is 0 Å². The molecule has 0 aromatic heterocycles. The highest BCUT2D eigenvalue weighted by atomic mass is 16.4. The molecule has 2 saturated carbocycles. The number of carboxylic acids is 1. The summed E-state index contributed by atoms with van der Waals surface area (Å²) in [5.74, 6) is 6.16. The van der Waals surface area contributed by atoms with Gasteiger partial charge in [-0.05, 0) is 37.7 Å². The van der Waals surface area contributed by atoms with Crippen molar-refractivity contribution in [2.75, 3.05) is 0 Å². The Balaban J connectivity index is 2.01. The van der Waals surface area contributed by atoms with E-state index in [1.54, 1.807) is 6.08 Å². The Labute approximate surface area is 103 Å². The van der Waals surface area contributed by atoms with E-state index >= 15 is 0 Å². The number of hydrogen-bond acceptors (Lipinski definition) is 1. The fourth-order valence-corrected chi connectivity index (χ4v) is 2.90. The molecule has 1 N–H and O–H groups in total. The molecule has 2 aliphatic carbocycles. The van der Waals surface area contributed by atoms with Crippen molar-refractivity contribution < 1.29 is 9.90 Å². The number of carboxylic acid groups (broad SMARTS) is 1. The van der Waals surface area contributed by atoms with Crippen LogP contribution in [0, 0.1) is 23.7 Å². The molecule has 0 amide bonds. The second kappa shape index (κ2) is 5.91. The number of carbonyl (C=O) groups is 1. The molecule has 2 heteroatoms. The zero-order chi connectivity index (χ0) is 12.1. The number of rotatable bonds is 2. The maximum atomic E-state index is 11.2. The van der Waals surface area contributed by atoms with E-state index in [4.69, 9.17) is 0 Å². The molecule has 0 unspecified atom stereocenters. The summed E-state index contributed by atoms with van der Waals surface area (Å²) in [5.41, 5.74) is 0.535. The summed E-state index contributed by atoms with van der Waals surface area (Å²) in [7, 11) is 0. The van der Waals surface area contributed by atoms with Crippen LogP contribution in [0.2, 0.25) is 0 Å². The van der Waals surface area contributed by atoms with Crippen LogP contribution in [0.1, 0.15) is 51.4 Å². The van der Waals surface area contributed by atoms with Crippen LogP contribution >= 0.6 is 0 Å². The minimum Gasteiger partial charge on any atom is -0.478 e. The summed E-state index contributed by atoms with van der Waals surface area (Å²) in [5, 5.41) is 9.19. The predicted octanol–water partition coefficient (Wildman–Crippen LogP) is 3.38. The van der Waals surface area contributed by atoms with Crippen LogP contribution in [0.25, 0.3) is 0 Å². The Hall–Kier alpha value is -1.23. The topological polar surface area (TPSA) is 37.3 Å². The van der Waals surface area contributed by atoms with Gasteiger partial charge in [-0.3, -0.25) is 0 Å². The van der Waals surface area contributed by atoms with Gasteiger partial charge in [-0.15, -0.1) is 0 Å². The second-order valence-electron chi connectivity index (χ2n) is 5.16. The second-order valence-corrected chi connectivity index (χ2v) is 5.16. The van der Waals surface area contributed by atoms with Crippen LogP contribution in [0.15, 0.2) is 11.6 Å². The smallest absolute Gasteiger partial charge is 0.332 e. The van der Waals surface area contributed by atoms with Crippen molar-refractivity contribution in [2.45, 2.75) is 51.4 Å². The van der Waals surface area contributed by atoms with Crippen LogP contribution in [-0.2, 0) is 4.79 Å². The third-order valence-electron chi connectivity index (χ3n) is 3.91. The summed E-state index contributed by atoms with van der Waals surface area (Å²) in [6.45, 7) is 0. The molecule has 0 bridgehead atoms. The highest BCUT2D eigenvalue weighted by molar-refractivity contribution is 5.87. The lowest BCUT2D eigenvalue weighted by molar-refractivity contribution is -0.133. The third kappa shape index (κ3) is 3.36. The Bertz CT molecular complexity index is 358. The van der Waals surface area contributed by atoms with E-state index in [0.29, 0.717) is 11.5 Å². The molecule has 2 aliphatic rings. The van der Waals surface area contributed by atoms with E-state index in [1.165, 1.54) is 25.7 Å². The molecule has 0 aromatic rings. The van der Waals surface area contributed by atoms with Crippen LogP contribution in [-0.4, -0.2) is 11.1 Å². The zero-order valence-corrected chi connectivity index (χ0v) is 10.2. The average Bonchev–Trinajstić information content (AvgIpc) is 2.96. The molecule has 92 valence electrons. The molecular formula is C15H20O2. The van der Waals surface area contributed by atoms with Crippen molar-refractivity contribution in [1.29, 1.82) is 0 Å². The normalized spacial score (nSPS) is 22.5. The molecule has 0 atom stereocenters. The molecule has 0 heterocycles. The van der Waals surface area contributed by atoms with Gasteiger partial charge in [0.05, 0.1) is 0 Å². The van der Waals surface area contributed by atoms with Gasteiger partial charge in [-0.1, -0.05) is 37.5 Å². The molecule has 17 heavy (non-hydrogen) atoms. The van der Waals surface area contributed by atoms with Crippen molar-refractivity contribution in [1.82, 2.24) is 0 Å². The quantitative estimate of drug-likeness (QED) is 0.585. The van der Waals surface area contributed by atoms with Gasteiger partial charge in [0.2, 0.25) is 0 Å². The SMILES string of the molecule is O=C(O)/C(=C/C#CC1CCCC1)C1CCCC1. The van der Waals surface area contributed by atoms with Crippen molar-refractivity contribution in [3.8, 4) is 11.8 Å². The molecule has 0 spiro atoms. The largest absolute Gasteiger partial charge is 0.478 e. The van der Waals surface area contributed by atoms with E-state index in [-0.39, 0.29) is 5.92 Å². The lowest BCUT2D eigenvalue weighted by Gasteiger charge is -2.08. The fourth-order valence-electron chi connectivity index (χ4n) is 2.90. The van der Waals surface area contributed by atoms with Crippen molar-refractivity contribution in [3.05, 3.63) is 11.6 Å². The Morgan fingerprint density at radius 2 is 1.65 bits per heavy atom. The molecule has 0 aliphatic heterocycles. The van der Waals surface area contributed by atoms with Crippen molar-refractivity contribution >= 4 is 5.97 Å². The first-order chi connectivity index (χ1) is 8.27. The standard InChI is InChI=1S/C15H20O2/c16-15(17)14(13-9-3-4-10-13)11-5-8-12-6-1-2-7-12/h11-13H,1-4,6-7,9-10H2,(H,16,17)/b14-11+. The first kappa shape index (κ1) is 12.2. The van der Waals surface area contributed by atoms with Crippen LogP contribution < -0.4 is 0 Å². The molecular weight excluding hydrogens is 212 g/mol. The summed E-state index contributed by atoms with van der Waals surface area (Å²) >= 11 is 0.